The number of fused-ring (bicyclic) bond motifs is 1. The van der Waals surface area contributed by atoms with Crippen LogP contribution in [0.3, 0.4) is 0 Å². The summed E-state index contributed by atoms with van der Waals surface area (Å²) in [5.74, 6) is 0.826. The van der Waals surface area contributed by atoms with Crippen molar-refractivity contribution in [2.24, 2.45) is 5.41 Å². The number of nitrogens with one attached hydrogen (secondary N) is 3. The highest BCUT2D eigenvalue weighted by molar-refractivity contribution is 5.96. The third kappa shape index (κ3) is 4.66. The van der Waals surface area contributed by atoms with Crippen molar-refractivity contribution >= 4 is 28.1 Å². The Balaban J connectivity index is 1.54. The fraction of sp³-hybridized carbons (Fsp3) is 0.462. The molecule has 1 aromatic carbocycles. The van der Waals surface area contributed by atoms with Crippen molar-refractivity contribution in [2.45, 2.75) is 32.6 Å². The van der Waals surface area contributed by atoms with E-state index in [2.05, 4.69) is 38.0 Å². The molecule has 0 aliphatic carbocycles. The first-order chi connectivity index (χ1) is 16.6. The van der Waals surface area contributed by atoms with Crippen molar-refractivity contribution in [1.82, 2.24) is 15.3 Å². The molecular weight excluding hydrogens is 428 g/mol. The zero-order valence-corrected chi connectivity index (χ0v) is 20.0. The van der Waals surface area contributed by atoms with Gasteiger partial charge in [0.2, 0.25) is 6.41 Å². The number of pyridine rings is 2. The molecule has 0 saturated carbocycles. The third-order valence-corrected chi connectivity index (χ3v) is 7.06. The first-order valence-electron chi connectivity index (χ1n) is 12.2. The van der Waals surface area contributed by atoms with E-state index in [1.165, 1.54) is 24.9 Å². The number of aliphatic hydroxyl groups excluding tert-OH is 1. The Bertz CT molecular complexity index is 1130. The van der Waals surface area contributed by atoms with Crippen LogP contribution < -0.4 is 20.9 Å². The van der Waals surface area contributed by atoms with E-state index in [0.29, 0.717) is 12.0 Å². The number of hydrogen-bond donors (Lipinski definition) is 4. The third-order valence-electron chi connectivity index (χ3n) is 7.06. The lowest BCUT2D eigenvalue weighted by Gasteiger charge is -2.34. The van der Waals surface area contributed by atoms with Crippen LogP contribution in [0.1, 0.15) is 26.2 Å². The van der Waals surface area contributed by atoms with Crippen LogP contribution >= 0.6 is 0 Å². The normalized spacial score (nSPS) is 21.2. The van der Waals surface area contributed by atoms with E-state index < -0.39 is 6.41 Å². The van der Waals surface area contributed by atoms with Gasteiger partial charge in [-0.3, -0.25) is 0 Å². The molecule has 2 atom stereocenters. The van der Waals surface area contributed by atoms with Crippen molar-refractivity contribution in [3.05, 3.63) is 42.6 Å². The van der Waals surface area contributed by atoms with Gasteiger partial charge in [0.15, 0.2) is 0 Å². The summed E-state index contributed by atoms with van der Waals surface area (Å²) in [6.45, 7) is 6.60. The highest BCUT2D eigenvalue weighted by Crippen LogP contribution is 2.41. The minimum atomic E-state index is -1.05. The van der Waals surface area contributed by atoms with Gasteiger partial charge in [0, 0.05) is 67.2 Å². The molecule has 0 radical (unpaired) electrons. The van der Waals surface area contributed by atoms with Gasteiger partial charge in [0.05, 0.1) is 11.2 Å². The van der Waals surface area contributed by atoms with E-state index in [4.69, 9.17) is 9.72 Å². The van der Waals surface area contributed by atoms with Crippen molar-refractivity contribution in [2.75, 3.05) is 55.4 Å². The summed E-state index contributed by atoms with van der Waals surface area (Å²) in [6.07, 6.45) is 4.54. The Kier molecular flexibility index (Phi) is 6.54. The molecule has 2 saturated heterocycles. The van der Waals surface area contributed by atoms with Gasteiger partial charge in [-0.15, -0.1) is 0 Å². The molecule has 34 heavy (non-hydrogen) atoms. The van der Waals surface area contributed by atoms with Crippen LogP contribution in [0.15, 0.2) is 42.6 Å². The molecule has 1 spiro atoms. The van der Waals surface area contributed by atoms with E-state index >= 15 is 0 Å². The lowest BCUT2D eigenvalue weighted by atomic mass is 9.80. The molecular formula is C26H34N6O2. The number of anilines is 3. The fourth-order valence-corrected chi connectivity index (χ4v) is 5.26. The highest BCUT2D eigenvalue weighted by atomic mass is 16.6. The van der Waals surface area contributed by atoms with E-state index in [1.807, 2.05) is 44.4 Å². The molecule has 180 valence electrons. The molecule has 4 heterocycles. The van der Waals surface area contributed by atoms with Crippen LogP contribution in [0.2, 0.25) is 0 Å². The van der Waals surface area contributed by atoms with Crippen molar-refractivity contribution < 1.29 is 9.84 Å². The van der Waals surface area contributed by atoms with E-state index in [-0.39, 0.29) is 0 Å². The first-order valence-corrected chi connectivity index (χ1v) is 12.2. The predicted molar refractivity (Wildman–Crippen MR) is 137 cm³/mol. The Morgan fingerprint density at radius 1 is 1.24 bits per heavy atom. The second-order valence-electron chi connectivity index (χ2n) is 9.34. The molecule has 8 nitrogen and oxygen atoms in total. The standard InChI is InChI=1S/C26H34N6O2/c1-3-34-25(33)30-19-6-7-20-22(13-19)31-21(18-5-8-24(27-2)29-15-18)14-23(20)32-12-10-26(17-32)9-4-11-28-16-26/h5-8,13-15,25,28,30,33H,3-4,9-12,16-17H2,1-2H3,(H,27,29). The molecule has 2 aromatic heterocycles. The van der Waals surface area contributed by atoms with Gasteiger partial charge >= 0.3 is 0 Å². The summed E-state index contributed by atoms with van der Waals surface area (Å²) in [6, 6.07) is 12.3. The number of nitrogens with zero attached hydrogens (tertiary/aromatic N) is 3. The molecule has 3 aromatic rings. The van der Waals surface area contributed by atoms with Crippen molar-refractivity contribution in [1.29, 1.82) is 0 Å². The van der Waals surface area contributed by atoms with Crippen LogP contribution in [0.4, 0.5) is 17.2 Å². The predicted octanol–water partition coefficient (Wildman–Crippen LogP) is 3.64. The zero-order valence-electron chi connectivity index (χ0n) is 20.0. The topological polar surface area (TPSA) is 94.6 Å². The minimum absolute atomic E-state index is 0.354. The lowest BCUT2D eigenvalue weighted by Crippen LogP contribution is -2.41. The fourth-order valence-electron chi connectivity index (χ4n) is 5.26. The van der Waals surface area contributed by atoms with E-state index in [9.17, 15) is 5.11 Å². The molecule has 0 amide bonds. The molecule has 8 heteroatoms. The van der Waals surface area contributed by atoms with Crippen molar-refractivity contribution in [3.8, 4) is 11.3 Å². The number of ether oxygens (including phenoxy) is 1. The van der Waals surface area contributed by atoms with Crippen LogP contribution in [0.25, 0.3) is 22.2 Å². The van der Waals surface area contributed by atoms with Gasteiger partial charge < -0.3 is 30.7 Å². The number of aromatic nitrogens is 2. The summed E-state index contributed by atoms with van der Waals surface area (Å²) in [5, 5.41) is 20.8. The summed E-state index contributed by atoms with van der Waals surface area (Å²) in [4.78, 5) is 12.0. The maximum atomic E-state index is 10.0. The Morgan fingerprint density at radius 2 is 2.15 bits per heavy atom. The molecule has 2 aliphatic heterocycles. The molecule has 0 bridgehead atoms. The lowest BCUT2D eigenvalue weighted by molar-refractivity contribution is -0.0730. The number of aliphatic hydroxyl groups is 1. The monoisotopic (exact) mass is 462 g/mol. The van der Waals surface area contributed by atoms with Gasteiger partial charge in [-0.2, -0.15) is 0 Å². The van der Waals surface area contributed by atoms with E-state index in [1.54, 1.807) is 0 Å². The molecule has 5 rings (SSSR count). The Hall–Kier alpha value is -2.94. The number of benzene rings is 1. The van der Waals surface area contributed by atoms with Crippen LogP contribution in [0.5, 0.6) is 0 Å². The van der Waals surface area contributed by atoms with Gasteiger partial charge in [-0.25, -0.2) is 9.97 Å². The quantitative estimate of drug-likeness (QED) is 0.396. The second-order valence-corrected chi connectivity index (χ2v) is 9.34. The maximum absolute atomic E-state index is 10.0. The number of rotatable bonds is 7. The number of hydrogen-bond acceptors (Lipinski definition) is 8. The Morgan fingerprint density at radius 3 is 2.88 bits per heavy atom. The maximum Gasteiger partial charge on any atom is 0.235 e. The summed E-state index contributed by atoms with van der Waals surface area (Å²) >= 11 is 0. The number of piperidine rings is 1. The molecule has 2 aliphatic rings. The largest absolute Gasteiger partial charge is 0.373 e. The van der Waals surface area contributed by atoms with Crippen LogP contribution in [-0.4, -0.2) is 61.3 Å². The summed E-state index contributed by atoms with van der Waals surface area (Å²) in [7, 11) is 1.86. The SMILES string of the molecule is CCOC(O)Nc1ccc2c(N3CCC4(CCCNC4)C3)cc(-c3ccc(NC)nc3)nc2c1. The zero-order chi connectivity index (χ0) is 23.5. The molecule has 4 N–H and O–H groups in total. The van der Waals surface area contributed by atoms with Crippen molar-refractivity contribution in [3.63, 3.8) is 0 Å². The average molecular weight is 463 g/mol. The van der Waals surface area contributed by atoms with Gasteiger partial charge in [-0.1, -0.05) is 0 Å². The van der Waals surface area contributed by atoms with Crippen LogP contribution in [-0.2, 0) is 4.74 Å². The first kappa shape index (κ1) is 22.8. The molecule has 2 unspecified atom stereocenters. The highest BCUT2D eigenvalue weighted by Gasteiger charge is 2.39. The van der Waals surface area contributed by atoms with Gasteiger partial charge in [0.25, 0.3) is 0 Å². The average Bonchev–Trinajstić information content (AvgIpc) is 3.26. The van der Waals surface area contributed by atoms with Crippen LogP contribution in [0, 0.1) is 5.41 Å². The Labute approximate surface area is 200 Å². The van der Waals surface area contributed by atoms with E-state index in [0.717, 1.165) is 59.8 Å². The summed E-state index contributed by atoms with van der Waals surface area (Å²) < 4.78 is 5.24. The molecule has 2 fully saturated rings. The van der Waals surface area contributed by atoms with Gasteiger partial charge in [0.1, 0.15) is 5.82 Å². The summed E-state index contributed by atoms with van der Waals surface area (Å²) in [5.41, 5.74) is 5.07. The van der Waals surface area contributed by atoms with Gasteiger partial charge in [-0.05, 0) is 69.1 Å². The smallest absolute Gasteiger partial charge is 0.235 e. The second kappa shape index (κ2) is 9.74. The minimum Gasteiger partial charge on any atom is -0.373 e.